The second-order valence-corrected chi connectivity index (χ2v) is 6.88. The molecule has 1 saturated heterocycles. The average molecular weight is 279 g/mol. The first kappa shape index (κ1) is 13.9. The summed E-state index contributed by atoms with van der Waals surface area (Å²) in [5, 5.41) is 3.14. The number of nitrogens with one attached hydrogen (secondary N) is 1. The van der Waals surface area contributed by atoms with Gasteiger partial charge in [-0.25, -0.2) is 0 Å². The zero-order valence-corrected chi connectivity index (χ0v) is 12.2. The number of carbonyl (C=O) groups excluding carboxylic acids is 2. The second-order valence-electron chi connectivity index (χ2n) is 6.88. The smallest absolute Gasteiger partial charge is 0.306 e. The Hall–Kier alpha value is -1.06. The van der Waals surface area contributed by atoms with Crippen LogP contribution in [0.25, 0.3) is 0 Å². The molecule has 0 aromatic carbocycles. The molecule has 4 heteroatoms. The lowest BCUT2D eigenvalue weighted by Gasteiger charge is -2.44. The van der Waals surface area contributed by atoms with E-state index in [0.717, 1.165) is 12.8 Å². The first-order valence-electron chi connectivity index (χ1n) is 8.17. The molecule has 2 aliphatic carbocycles. The Morgan fingerprint density at radius 3 is 2.55 bits per heavy atom. The Morgan fingerprint density at radius 1 is 1.10 bits per heavy atom. The van der Waals surface area contributed by atoms with Crippen molar-refractivity contribution in [2.75, 3.05) is 0 Å². The normalized spacial score (nSPS) is 32.9. The number of carbonyl (C=O) groups is 2. The molecule has 2 atom stereocenters. The van der Waals surface area contributed by atoms with Crippen LogP contribution in [0.15, 0.2) is 0 Å². The number of ether oxygens (including phenoxy) is 1. The Labute approximate surface area is 120 Å². The van der Waals surface area contributed by atoms with E-state index in [1.165, 1.54) is 44.9 Å². The van der Waals surface area contributed by atoms with Crippen LogP contribution in [-0.2, 0) is 14.3 Å². The topological polar surface area (TPSA) is 55.4 Å². The molecule has 2 saturated carbocycles. The van der Waals surface area contributed by atoms with Gasteiger partial charge in [0.1, 0.15) is 0 Å². The highest BCUT2D eigenvalue weighted by molar-refractivity contribution is 5.86. The molecule has 1 amide bonds. The van der Waals surface area contributed by atoms with Gasteiger partial charge in [0, 0.05) is 18.9 Å². The standard InChI is InChI=1S/C16H25NO3/c18-14-7-6-13(20-14)15(19)17-12-5-4-10-16(11-12)8-2-1-3-9-16/h12-13H,1-11H2,(H,17,19)/t12?,13-/m1/s1. The Bertz CT molecular complexity index is 382. The number of cyclic esters (lactones) is 1. The van der Waals surface area contributed by atoms with Gasteiger partial charge in [0.15, 0.2) is 6.10 Å². The molecule has 3 aliphatic rings. The molecule has 0 aromatic heterocycles. The van der Waals surface area contributed by atoms with Crippen molar-refractivity contribution in [2.24, 2.45) is 5.41 Å². The summed E-state index contributed by atoms with van der Waals surface area (Å²) in [5.74, 6) is -0.314. The molecule has 1 unspecified atom stereocenters. The van der Waals surface area contributed by atoms with Crippen molar-refractivity contribution in [2.45, 2.75) is 82.8 Å². The molecular formula is C16H25NO3. The highest BCUT2D eigenvalue weighted by Crippen LogP contribution is 2.47. The molecule has 1 spiro atoms. The predicted octanol–water partition coefficient (Wildman–Crippen LogP) is 2.70. The summed E-state index contributed by atoms with van der Waals surface area (Å²) in [4.78, 5) is 23.2. The third-order valence-corrected chi connectivity index (χ3v) is 5.38. The minimum Gasteiger partial charge on any atom is -0.452 e. The van der Waals surface area contributed by atoms with Crippen molar-refractivity contribution in [3.63, 3.8) is 0 Å². The van der Waals surface area contributed by atoms with Crippen LogP contribution in [0, 0.1) is 5.41 Å². The van der Waals surface area contributed by atoms with E-state index in [1.807, 2.05) is 0 Å². The first-order valence-corrected chi connectivity index (χ1v) is 8.17. The zero-order chi connectivity index (χ0) is 14.0. The lowest BCUT2D eigenvalue weighted by atomic mass is 9.64. The van der Waals surface area contributed by atoms with E-state index in [-0.39, 0.29) is 17.9 Å². The van der Waals surface area contributed by atoms with Crippen LogP contribution in [0.2, 0.25) is 0 Å². The lowest BCUT2D eigenvalue weighted by Crippen LogP contribution is -2.46. The van der Waals surface area contributed by atoms with E-state index in [2.05, 4.69) is 5.32 Å². The summed E-state index contributed by atoms with van der Waals surface area (Å²) in [6.07, 6.45) is 11.9. The van der Waals surface area contributed by atoms with Crippen LogP contribution in [0.1, 0.15) is 70.6 Å². The quantitative estimate of drug-likeness (QED) is 0.791. The van der Waals surface area contributed by atoms with Gasteiger partial charge < -0.3 is 10.1 Å². The third-order valence-electron chi connectivity index (χ3n) is 5.38. The van der Waals surface area contributed by atoms with Crippen LogP contribution in [0.4, 0.5) is 0 Å². The van der Waals surface area contributed by atoms with Crippen molar-refractivity contribution in [3.05, 3.63) is 0 Å². The minimum absolute atomic E-state index is 0.0753. The molecule has 0 radical (unpaired) electrons. The van der Waals surface area contributed by atoms with E-state index in [4.69, 9.17) is 4.74 Å². The Kier molecular flexibility index (Phi) is 3.99. The summed E-state index contributed by atoms with van der Waals surface area (Å²) in [6.45, 7) is 0. The largest absolute Gasteiger partial charge is 0.452 e. The Balaban J connectivity index is 1.54. The highest BCUT2D eigenvalue weighted by atomic mass is 16.6. The third kappa shape index (κ3) is 2.99. The van der Waals surface area contributed by atoms with E-state index in [1.54, 1.807) is 0 Å². The van der Waals surface area contributed by atoms with E-state index in [9.17, 15) is 9.59 Å². The first-order chi connectivity index (χ1) is 9.67. The summed E-state index contributed by atoms with van der Waals surface area (Å²) >= 11 is 0. The maximum atomic E-state index is 12.1. The second kappa shape index (κ2) is 5.74. The molecular weight excluding hydrogens is 254 g/mol. The fourth-order valence-corrected chi connectivity index (χ4v) is 4.33. The van der Waals surface area contributed by atoms with Crippen molar-refractivity contribution in [3.8, 4) is 0 Å². The molecule has 1 heterocycles. The lowest BCUT2D eigenvalue weighted by molar-refractivity contribution is -0.148. The monoisotopic (exact) mass is 279 g/mol. The summed E-state index contributed by atoms with van der Waals surface area (Å²) in [7, 11) is 0. The minimum atomic E-state index is -0.535. The van der Waals surface area contributed by atoms with Gasteiger partial charge in [0.2, 0.25) is 0 Å². The molecule has 20 heavy (non-hydrogen) atoms. The summed E-state index contributed by atoms with van der Waals surface area (Å²) in [5.41, 5.74) is 0.487. The van der Waals surface area contributed by atoms with Crippen LogP contribution >= 0.6 is 0 Å². The maximum Gasteiger partial charge on any atom is 0.306 e. The highest BCUT2D eigenvalue weighted by Gasteiger charge is 2.39. The van der Waals surface area contributed by atoms with Crippen molar-refractivity contribution >= 4 is 11.9 Å². The maximum absolute atomic E-state index is 12.1. The number of hydrogen-bond acceptors (Lipinski definition) is 3. The van der Waals surface area contributed by atoms with E-state index < -0.39 is 6.10 Å². The van der Waals surface area contributed by atoms with Gasteiger partial charge in [-0.15, -0.1) is 0 Å². The van der Waals surface area contributed by atoms with Crippen molar-refractivity contribution in [1.82, 2.24) is 5.32 Å². The van der Waals surface area contributed by atoms with Crippen molar-refractivity contribution < 1.29 is 14.3 Å². The van der Waals surface area contributed by atoms with Gasteiger partial charge in [0.05, 0.1) is 0 Å². The van der Waals surface area contributed by atoms with Crippen LogP contribution in [-0.4, -0.2) is 24.0 Å². The van der Waals surface area contributed by atoms with Crippen molar-refractivity contribution in [1.29, 1.82) is 0 Å². The molecule has 1 aliphatic heterocycles. The zero-order valence-electron chi connectivity index (χ0n) is 12.2. The molecule has 1 N–H and O–H groups in total. The number of hydrogen-bond donors (Lipinski definition) is 1. The van der Waals surface area contributed by atoms with E-state index >= 15 is 0 Å². The van der Waals surface area contributed by atoms with Crippen LogP contribution in [0.3, 0.4) is 0 Å². The predicted molar refractivity (Wildman–Crippen MR) is 75.0 cm³/mol. The molecule has 0 bridgehead atoms. The average Bonchev–Trinajstić information content (AvgIpc) is 2.86. The molecule has 112 valence electrons. The number of rotatable bonds is 2. The summed E-state index contributed by atoms with van der Waals surface area (Å²) in [6, 6.07) is 0.286. The van der Waals surface area contributed by atoms with Gasteiger partial charge in [-0.1, -0.05) is 25.7 Å². The molecule has 4 nitrogen and oxygen atoms in total. The van der Waals surface area contributed by atoms with Gasteiger partial charge in [-0.3, -0.25) is 9.59 Å². The van der Waals surface area contributed by atoms with Crippen LogP contribution < -0.4 is 5.32 Å². The van der Waals surface area contributed by atoms with Gasteiger partial charge in [0.25, 0.3) is 5.91 Å². The number of amides is 1. The molecule has 3 fully saturated rings. The van der Waals surface area contributed by atoms with E-state index in [0.29, 0.717) is 18.3 Å². The summed E-state index contributed by atoms with van der Waals surface area (Å²) < 4.78 is 5.05. The molecule has 3 rings (SSSR count). The Morgan fingerprint density at radius 2 is 1.85 bits per heavy atom. The van der Waals surface area contributed by atoms with Gasteiger partial charge >= 0.3 is 5.97 Å². The van der Waals surface area contributed by atoms with Gasteiger partial charge in [-0.2, -0.15) is 0 Å². The van der Waals surface area contributed by atoms with Gasteiger partial charge in [-0.05, 0) is 37.5 Å². The number of esters is 1. The SMILES string of the molecule is O=C1CC[C@H](C(=O)NC2CCCC3(CCCCC3)C2)O1. The fourth-order valence-electron chi connectivity index (χ4n) is 4.33. The fraction of sp³-hybridized carbons (Fsp3) is 0.875. The van der Waals surface area contributed by atoms with Crippen LogP contribution in [0.5, 0.6) is 0 Å². The molecule has 0 aromatic rings.